The molecule has 5 heteroatoms. The van der Waals surface area contributed by atoms with Gasteiger partial charge in [-0.1, -0.05) is 23.6 Å². The Kier molecular flexibility index (Phi) is 3.12. The van der Waals surface area contributed by atoms with Crippen LogP contribution in [-0.4, -0.2) is 9.97 Å². The molecule has 0 bridgehead atoms. The first-order valence-corrected chi connectivity index (χ1v) is 5.18. The molecule has 0 unspecified atom stereocenters. The lowest BCUT2D eigenvalue weighted by atomic mass is 10.2. The maximum Gasteiger partial charge on any atom is 0.154 e. The summed E-state index contributed by atoms with van der Waals surface area (Å²) < 4.78 is 0. The summed E-state index contributed by atoms with van der Waals surface area (Å²) in [7, 11) is 0. The average Bonchev–Trinajstić information content (AvgIpc) is 2.35. The molecule has 2 rings (SSSR count). The molecule has 0 saturated carbocycles. The van der Waals surface area contributed by atoms with E-state index in [0.29, 0.717) is 10.8 Å². The van der Waals surface area contributed by atoms with Gasteiger partial charge in [-0.15, -0.1) is 6.42 Å². The van der Waals surface area contributed by atoms with E-state index in [-0.39, 0.29) is 5.82 Å². The van der Waals surface area contributed by atoms with Gasteiger partial charge in [0, 0.05) is 11.3 Å². The Morgan fingerprint density at radius 2 is 2.18 bits per heavy atom. The number of nitrogen functional groups attached to an aromatic ring is 1. The smallest absolute Gasteiger partial charge is 0.154 e. The normalized spacial score (nSPS) is 9.65. The molecule has 2 aromatic rings. The Morgan fingerprint density at radius 3 is 2.94 bits per heavy atom. The summed E-state index contributed by atoms with van der Waals surface area (Å²) in [5.41, 5.74) is 7.14. The van der Waals surface area contributed by atoms with Gasteiger partial charge in [-0.2, -0.15) is 0 Å². The van der Waals surface area contributed by atoms with Gasteiger partial charge in [-0.25, -0.2) is 9.97 Å². The van der Waals surface area contributed by atoms with Crippen LogP contribution in [-0.2, 0) is 0 Å². The second kappa shape index (κ2) is 4.73. The molecule has 0 aliphatic rings. The minimum absolute atomic E-state index is 0.234. The van der Waals surface area contributed by atoms with Crippen molar-refractivity contribution in [2.45, 2.75) is 0 Å². The molecule has 0 radical (unpaired) electrons. The van der Waals surface area contributed by atoms with Gasteiger partial charge < -0.3 is 11.1 Å². The number of nitrogens with zero attached hydrogens (tertiary/aromatic N) is 2. The molecule has 0 spiro atoms. The third-order valence-corrected chi connectivity index (χ3v) is 2.48. The van der Waals surface area contributed by atoms with Crippen molar-refractivity contribution in [3.05, 3.63) is 41.2 Å². The van der Waals surface area contributed by atoms with Crippen molar-refractivity contribution < 1.29 is 0 Å². The number of hydrogen-bond acceptors (Lipinski definition) is 4. The Balaban J connectivity index is 2.32. The number of hydrogen-bond donors (Lipinski definition) is 2. The van der Waals surface area contributed by atoms with E-state index in [9.17, 15) is 0 Å². The Hall–Kier alpha value is -2.25. The highest BCUT2D eigenvalue weighted by molar-refractivity contribution is 6.35. The summed E-state index contributed by atoms with van der Waals surface area (Å²) in [6, 6.07) is 7.35. The van der Waals surface area contributed by atoms with Crippen LogP contribution in [0.1, 0.15) is 5.56 Å². The highest BCUT2D eigenvalue weighted by Crippen LogP contribution is 2.26. The van der Waals surface area contributed by atoms with Crippen molar-refractivity contribution in [3.8, 4) is 12.3 Å². The van der Waals surface area contributed by atoms with Crippen LogP contribution in [0.25, 0.3) is 0 Å². The van der Waals surface area contributed by atoms with Crippen molar-refractivity contribution in [2.24, 2.45) is 0 Å². The molecule has 1 heterocycles. The minimum Gasteiger partial charge on any atom is -0.382 e. The van der Waals surface area contributed by atoms with Gasteiger partial charge in [0.15, 0.2) is 5.82 Å². The van der Waals surface area contributed by atoms with E-state index in [1.54, 1.807) is 0 Å². The van der Waals surface area contributed by atoms with E-state index in [0.717, 1.165) is 11.3 Å². The number of nitrogens with one attached hydrogen (secondary N) is 1. The number of nitrogens with two attached hydrogens (primary N) is 1. The lowest BCUT2D eigenvalue weighted by Gasteiger charge is -2.08. The lowest BCUT2D eigenvalue weighted by molar-refractivity contribution is 1.18. The summed E-state index contributed by atoms with van der Waals surface area (Å²) in [4.78, 5) is 7.78. The van der Waals surface area contributed by atoms with Gasteiger partial charge in [-0.3, -0.25) is 0 Å². The van der Waals surface area contributed by atoms with Gasteiger partial charge in [0.25, 0.3) is 0 Å². The first-order valence-electron chi connectivity index (χ1n) is 4.80. The topological polar surface area (TPSA) is 63.8 Å². The van der Waals surface area contributed by atoms with E-state index in [1.807, 2.05) is 24.3 Å². The van der Waals surface area contributed by atoms with Crippen molar-refractivity contribution in [1.29, 1.82) is 0 Å². The first-order chi connectivity index (χ1) is 8.20. The van der Waals surface area contributed by atoms with Crippen LogP contribution in [0.3, 0.4) is 0 Å². The lowest BCUT2D eigenvalue weighted by Crippen LogP contribution is -1.99. The summed E-state index contributed by atoms with van der Waals surface area (Å²) in [5, 5.41) is 3.32. The Labute approximate surface area is 104 Å². The summed E-state index contributed by atoms with van der Waals surface area (Å²) in [6.07, 6.45) is 6.66. The number of benzene rings is 1. The Bertz CT molecular complexity index is 589. The van der Waals surface area contributed by atoms with Crippen molar-refractivity contribution >= 4 is 28.9 Å². The van der Waals surface area contributed by atoms with Gasteiger partial charge in [0.2, 0.25) is 0 Å². The van der Waals surface area contributed by atoms with Crippen LogP contribution in [0.2, 0.25) is 5.02 Å². The maximum absolute atomic E-state index is 5.96. The van der Waals surface area contributed by atoms with E-state index >= 15 is 0 Å². The predicted octanol–water partition coefficient (Wildman–Crippen LogP) is 2.44. The van der Waals surface area contributed by atoms with Crippen LogP contribution in [0, 0.1) is 12.3 Å². The molecule has 3 N–H and O–H groups in total. The van der Waals surface area contributed by atoms with E-state index in [1.165, 1.54) is 6.33 Å². The van der Waals surface area contributed by atoms with Crippen LogP contribution >= 0.6 is 11.6 Å². The average molecular weight is 245 g/mol. The maximum atomic E-state index is 5.96. The molecule has 1 aromatic heterocycles. The summed E-state index contributed by atoms with van der Waals surface area (Å²) in [6.45, 7) is 0. The zero-order valence-corrected chi connectivity index (χ0v) is 9.57. The zero-order chi connectivity index (χ0) is 12.3. The third kappa shape index (κ3) is 2.47. The molecule has 0 aliphatic heterocycles. The van der Waals surface area contributed by atoms with Gasteiger partial charge >= 0.3 is 0 Å². The van der Waals surface area contributed by atoms with Crippen molar-refractivity contribution in [3.63, 3.8) is 0 Å². The molecule has 0 fully saturated rings. The van der Waals surface area contributed by atoms with Crippen LogP contribution in [0.4, 0.5) is 17.3 Å². The molecular formula is C12H9ClN4. The van der Waals surface area contributed by atoms with Gasteiger partial charge in [0.05, 0.1) is 0 Å². The summed E-state index contributed by atoms with van der Waals surface area (Å²) >= 11 is 5.96. The Morgan fingerprint density at radius 1 is 1.35 bits per heavy atom. The van der Waals surface area contributed by atoms with Gasteiger partial charge in [-0.05, 0) is 18.2 Å². The molecular weight excluding hydrogens is 236 g/mol. The fourth-order valence-electron chi connectivity index (χ4n) is 1.29. The molecule has 1 aromatic carbocycles. The fourth-order valence-corrected chi connectivity index (χ4v) is 1.44. The van der Waals surface area contributed by atoms with E-state index in [4.69, 9.17) is 23.8 Å². The fraction of sp³-hybridized carbons (Fsp3) is 0. The van der Waals surface area contributed by atoms with E-state index < -0.39 is 0 Å². The van der Waals surface area contributed by atoms with Gasteiger partial charge in [0.1, 0.15) is 17.2 Å². The van der Waals surface area contributed by atoms with Crippen LogP contribution in [0.15, 0.2) is 30.6 Å². The van der Waals surface area contributed by atoms with E-state index in [2.05, 4.69) is 21.2 Å². The zero-order valence-electron chi connectivity index (χ0n) is 8.81. The number of terminal acetylenes is 1. The first kappa shape index (κ1) is 11.2. The molecule has 0 atom stereocenters. The SMILES string of the molecule is C#Cc1cccc(Nc2ncnc(N)c2Cl)c1. The van der Waals surface area contributed by atoms with Crippen molar-refractivity contribution in [2.75, 3.05) is 11.1 Å². The second-order valence-corrected chi connectivity index (χ2v) is 3.65. The highest BCUT2D eigenvalue weighted by atomic mass is 35.5. The largest absolute Gasteiger partial charge is 0.382 e. The van der Waals surface area contributed by atoms with Crippen LogP contribution in [0.5, 0.6) is 0 Å². The molecule has 84 valence electrons. The number of halogens is 1. The predicted molar refractivity (Wildman–Crippen MR) is 69.1 cm³/mol. The minimum atomic E-state index is 0.234. The molecule has 17 heavy (non-hydrogen) atoms. The molecule has 4 nitrogen and oxygen atoms in total. The third-order valence-electron chi connectivity index (χ3n) is 2.11. The van der Waals surface area contributed by atoms with Crippen LogP contribution < -0.4 is 11.1 Å². The number of aromatic nitrogens is 2. The standard InChI is InChI=1S/C12H9ClN4/c1-2-8-4-3-5-9(6-8)17-12-10(13)11(14)15-7-16-12/h1,3-7H,(H3,14,15,16,17). The monoisotopic (exact) mass is 244 g/mol. The number of rotatable bonds is 2. The molecule has 0 amide bonds. The summed E-state index contributed by atoms with van der Waals surface area (Å²) in [5.74, 6) is 3.23. The second-order valence-electron chi connectivity index (χ2n) is 3.27. The molecule has 0 aliphatic carbocycles. The molecule has 0 saturated heterocycles. The van der Waals surface area contributed by atoms with Crippen molar-refractivity contribution in [1.82, 2.24) is 9.97 Å². The highest BCUT2D eigenvalue weighted by Gasteiger charge is 2.06. The number of anilines is 3. The quantitative estimate of drug-likeness (QED) is 0.797.